The van der Waals surface area contributed by atoms with Crippen LogP contribution in [0.25, 0.3) is 0 Å². The molecule has 1 unspecified atom stereocenters. The van der Waals surface area contributed by atoms with Crippen LogP contribution >= 0.6 is 0 Å². The van der Waals surface area contributed by atoms with Gasteiger partial charge in [-0.3, -0.25) is 0 Å². The first-order chi connectivity index (χ1) is 8.61. The third-order valence-electron chi connectivity index (χ3n) is 5.12. The van der Waals surface area contributed by atoms with Gasteiger partial charge in [-0.2, -0.15) is 0 Å². The first-order valence-electron chi connectivity index (χ1n) is 7.22. The van der Waals surface area contributed by atoms with Gasteiger partial charge in [-0.05, 0) is 18.9 Å². The minimum absolute atomic E-state index is 0.00185. The highest BCUT2D eigenvalue weighted by atomic mass is 16.6. The Morgan fingerprint density at radius 2 is 2.06 bits per heavy atom. The summed E-state index contributed by atoms with van der Waals surface area (Å²) < 4.78 is 5.20. The molecular weight excluding hydrogens is 226 g/mol. The molecule has 3 nitrogen and oxygen atoms in total. The Labute approximate surface area is 109 Å². The number of hydrogen-bond donors (Lipinski definition) is 0. The maximum Gasteiger partial charge on any atom is 0.118 e. The SMILES string of the molecule is C[C@H]1CC[C@H]2[C@H](C)CC[C@@H](c3ccoc3)[N+]2([O-])C1. The van der Waals surface area contributed by atoms with Gasteiger partial charge in [0.1, 0.15) is 6.04 Å². The third kappa shape index (κ3) is 1.81. The average Bonchev–Trinajstić information content (AvgIpc) is 2.81. The number of rotatable bonds is 1. The quantitative estimate of drug-likeness (QED) is 0.559. The zero-order valence-corrected chi connectivity index (χ0v) is 11.3. The molecule has 0 radical (unpaired) electrons. The van der Waals surface area contributed by atoms with E-state index in [0.717, 1.165) is 24.9 Å². The molecule has 1 aromatic heterocycles. The van der Waals surface area contributed by atoms with Crippen LogP contribution in [-0.4, -0.2) is 17.2 Å². The fourth-order valence-corrected chi connectivity index (χ4v) is 4.18. The fraction of sp³-hybridized carbons (Fsp3) is 0.733. The first-order valence-corrected chi connectivity index (χ1v) is 7.22. The molecule has 18 heavy (non-hydrogen) atoms. The second-order valence-electron chi connectivity index (χ2n) is 6.41. The van der Waals surface area contributed by atoms with Crippen molar-refractivity contribution in [2.45, 2.75) is 51.6 Å². The second-order valence-corrected chi connectivity index (χ2v) is 6.41. The molecule has 0 amide bonds. The molecule has 0 bridgehead atoms. The molecule has 5 atom stereocenters. The van der Waals surface area contributed by atoms with Gasteiger partial charge in [0.25, 0.3) is 0 Å². The van der Waals surface area contributed by atoms with Crippen molar-refractivity contribution >= 4 is 0 Å². The van der Waals surface area contributed by atoms with E-state index in [-0.39, 0.29) is 10.7 Å². The van der Waals surface area contributed by atoms with Crippen molar-refractivity contribution in [1.82, 2.24) is 0 Å². The van der Waals surface area contributed by atoms with E-state index in [0.29, 0.717) is 17.9 Å². The lowest BCUT2D eigenvalue weighted by molar-refractivity contribution is -0.952. The molecule has 1 aromatic rings. The molecule has 2 aliphatic rings. The van der Waals surface area contributed by atoms with E-state index in [9.17, 15) is 5.21 Å². The largest absolute Gasteiger partial charge is 0.632 e. The summed E-state index contributed by atoms with van der Waals surface area (Å²) >= 11 is 0. The molecule has 0 saturated carbocycles. The summed E-state index contributed by atoms with van der Waals surface area (Å²) in [4.78, 5) is 0. The van der Waals surface area contributed by atoms with Crippen LogP contribution in [0, 0.1) is 17.0 Å². The van der Waals surface area contributed by atoms with Crippen LogP contribution in [0.4, 0.5) is 0 Å². The van der Waals surface area contributed by atoms with Gasteiger partial charge >= 0.3 is 0 Å². The minimum atomic E-state index is 0.00185. The summed E-state index contributed by atoms with van der Waals surface area (Å²) in [5, 5.41) is 13.5. The normalized spacial score (nSPS) is 44.6. The third-order valence-corrected chi connectivity index (χ3v) is 5.12. The molecule has 3 heteroatoms. The Morgan fingerprint density at radius 3 is 2.78 bits per heavy atom. The van der Waals surface area contributed by atoms with Crippen LogP contribution in [0.5, 0.6) is 0 Å². The summed E-state index contributed by atoms with van der Waals surface area (Å²) in [5.41, 5.74) is 1.11. The van der Waals surface area contributed by atoms with Gasteiger partial charge in [0.05, 0.1) is 25.1 Å². The van der Waals surface area contributed by atoms with Crippen molar-refractivity contribution in [3.05, 3.63) is 29.4 Å². The Kier molecular flexibility index (Phi) is 2.99. The number of piperidine rings is 2. The highest BCUT2D eigenvalue weighted by Gasteiger charge is 2.47. The molecule has 0 spiro atoms. The van der Waals surface area contributed by atoms with Gasteiger partial charge in [-0.1, -0.05) is 13.8 Å². The van der Waals surface area contributed by atoms with Crippen LogP contribution in [-0.2, 0) is 0 Å². The summed E-state index contributed by atoms with van der Waals surface area (Å²) in [6.45, 7) is 5.27. The molecule has 2 aliphatic heterocycles. The van der Waals surface area contributed by atoms with Crippen molar-refractivity contribution in [3.63, 3.8) is 0 Å². The predicted molar refractivity (Wildman–Crippen MR) is 70.5 cm³/mol. The predicted octanol–water partition coefficient (Wildman–Crippen LogP) is 3.86. The molecule has 2 saturated heterocycles. The summed E-state index contributed by atoms with van der Waals surface area (Å²) in [5.74, 6) is 1.12. The lowest BCUT2D eigenvalue weighted by atomic mass is 9.77. The number of quaternary nitrogens is 1. The van der Waals surface area contributed by atoms with Crippen LogP contribution < -0.4 is 0 Å². The van der Waals surface area contributed by atoms with E-state index in [1.165, 1.54) is 12.8 Å². The fourth-order valence-electron chi connectivity index (χ4n) is 4.18. The second kappa shape index (κ2) is 4.39. The standard InChI is InChI=1S/C15H23NO2/c1-11-3-5-14-12(2)4-6-15(16(14,17)9-11)13-7-8-18-10-13/h7-8,10-12,14-15H,3-6,9H2,1-2H3/t11-,12+,14-,15-,16?/m0/s1. The average molecular weight is 249 g/mol. The number of fused-ring (bicyclic) bond motifs is 1. The Balaban J connectivity index is 1.95. The van der Waals surface area contributed by atoms with Crippen LogP contribution in [0.15, 0.2) is 23.0 Å². The molecule has 3 rings (SSSR count). The molecule has 2 fully saturated rings. The van der Waals surface area contributed by atoms with E-state index in [4.69, 9.17) is 4.42 Å². The maximum absolute atomic E-state index is 13.5. The lowest BCUT2D eigenvalue weighted by Crippen LogP contribution is -2.62. The van der Waals surface area contributed by atoms with E-state index >= 15 is 0 Å². The van der Waals surface area contributed by atoms with Crippen LogP contribution in [0.2, 0.25) is 0 Å². The molecule has 100 valence electrons. The van der Waals surface area contributed by atoms with Gasteiger partial charge in [-0.25, -0.2) is 0 Å². The van der Waals surface area contributed by atoms with E-state index in [2.05, 4.69) is 13.8 Å². The van der Waals surface area contributed by atoms with Gasteiger partial charge in [0, 0.05) is 30.2 Å². The van der Waals surface area contributed by atoms with Crippen LogP contribution in [0.1, 0.15) is 51.1 Å². The maximum atomic E-state index is 13.5. The molecule has 0 aliphatic carbocycles. The highest BCUT2D eigenvalue weighted by molar-refractivity contribution is 5.11. The molecular formula is C15H23NO2. The Hall–Kier alpha value is -0.800. The van der Waals surface area contributed by atoms with Crippen molar-refractivity contribution in [1.29, 1.82) is 0 Å². The van der Waals surface area contributed by atoms with Gasteiger partial charge in [0.2, 0.25) is 0 Å². The molecule has 0 aromatic carbocycles. The van der Waals surface area contributed by atoms with Crippen molar-refractivity contribution in [2.75, 3.05) is 6.54 Å². The number of hydroxylamine groups is 3. The van der Waals surface area contributed by atoms with Crippen molar-refractivity contribution < 1.29 is 9.06 Å². The summed E-state index contributed by atoms with van der Waals surface area (Å²) in [6, 6.07) is 2.39. The zero-order chi connectivity index (χ0) is 12.8. The Bertz CT molecular complexity index is 403. The highest BCUT2D eigenvalue weighted by Crippen LogP contribution is 2.48. The Morgan fingerprint density at radius 1 is 1.22 bits per heavy atom. The number of furan rings is 1. The molecule has 3 heterocycles. The smallest absolute Gasteiger partial charge is 0.118 e. The van der Waals surface area contributed by atoms with E-state index < -0.39 is 0 Å². The zero-order valence-electron chi connectivity index (χ0n) is 11.3. The van der Waals surface area contributed by atoms with Crippen LogP contribution in [0.3, 0.4) is 0 Å². The summed E-state index contributed by atoms with van der Waals surface area (Å²) in [6.07, 6.45) is 7.97. The van der Waals surface area contributed by atoms with Gasteiger partial charge < -0.3 is 14.3 Å². The lowest BCUT2D eigenvalue weighted by Gasteiger charge is -2.61. The van der Waals surface area contributed by atoms with Gasteiger partial charge in [0.15, 0.2) is 0 Å². The number of hydrogen-bond acceptors (Lipinski definition) is 2. The minimum Gasteiger partial charge on any atom is -0.632 e. The topological polar surface area (TPSA) is 36.2 Å². The first kappa shape index (κ1) is 12.2. The monoisotopic (exact) mass is 249 g/mol. The summed E-state index contributed by atoms with van der Waals surface area (Å²) in [7, 11) is 0. The molecule has 0 N–H and O–H groups in total. The van der Waals surface area contributed by atoms with Crippen molar-refractivity contribution in [2.24, 2.45) is 11.8 Å². The van der Waals surface area contributed by atoms with Gasteiger partial charge in [-0.15, -0.1) is 0 Å². The van der Waals surface area contributed by atoms with Crippen molar-refractivity contribution in [3.8, 4) is 0 Å². The van der Waals surface area contributed by atoms with E-state index in [1.807, 2.05) is 6.07 Å². The number of nitrogens with zero attached hydrogens (tertiary/aromatic N) is 1. The van der Waals surface area contributed by atoms with E-state index in [1.54, 1.807) is 12.5 Å².